The second-order valence-electron chi connectivity index (χ2n) is 5.14. The molecule has 0 saturated heterocycles. The van der Waals surface area contributed by atoms with Crippen LogP contribution in [0.2, 0.25) is 0 Å². The standard InChI is InChI=1S/C17H15BrN4OS/c1-22-15-8-3-2-7-14(15)20-17(22)24-11-16(23)21-19-10-12-5-4-6-13(18)9-12/h2-10H,11H2,1H3,(H,21,23)/p+1. The van der Waals surface area contributed by atoms with E-state index in [1.165, 1.54) is 11.8 Å². The number of hydrogen-bond acceptors (Lipinski definition) is 3. The molecule has 122 valence electrons. The van der Waals surface area contributed by atoms with Gasteiger partial charge in [-0.15, -0.1) is 0 Å². The number of aromatic nitrogens is 2. The first-order chi connectivity index (χ1) is 11.6. The van der Waals surface area contributed by atoms with Gasteiger partial charge in [-0.3, -0.25) is 4.79 Å². The SMILES string of the molecule is C[n+]1c(SCC(=O)NN=Cc2cccc(Br)c2)[nH]c2ccccc21. The van der Waals surface area contributed by atoms with Crippen molar-refractivity contribution in [2.75, 3.05) is 5.75 Å². The van der Waals surface area contributed by atoms with Crippen molar-refractivity contribution < 1.29 is 9.36 Å². The van der Waals surface area contributed by atoms with E-state index in [0.717, 1.165) is 26.2 Å². The number of aryl methyl sites for hydroxylation is 1. The molecule has 0 aliphatic carbocycles. The maximum absolute atomic E-state index is 11.9. The minimum atomic E-state index is -0.148. The van der Waals surface area contributed by atoms with Gasteiger partial charge in [0.2, 0.25) is 0 Å². The van der Waals surface area contributed by atoms with Crippen LogP contribution in [0.5, 0.6) is 0 Å². The molecule has 0 aliphatic heterocycles. The van der Waals surface area contributed by atoms with E-state index >= 15 is 0 Å². The highest BCUT2D eigenvalue weighted by molar-refractivity contribution is 9.10. The third kappa shape index (κ3) is 4.04. The first-order valence-electron chi connectivity index (χ1n) is 7.30. The number of nitrogens with one attached hydrogen (secondary N) is 2. The van der Waals surface area contributed by atoms with Gasteiger partial charge in [0.05, 0.1) is 19.0 Å². The topological polar surface area (TPSA) is 61.1 Å². The lowest BCUT2D eigenvalue weighted by molar-refractivity contribution is -0.683. The van der Waals surface area contributed by atoms with Gasteiger partial charge in [-0.05, 0) is 41.6 Å². The summed E-state index contributed by atoms with van der Waals surface area (Å²) in [5, 5.41) is 4.92. The van der Waals surface area contributed by atoms with E-state index in [-0.39, 0.29) is 11.7 Å². The smallest absolute Gasteiger partial charge is 0.272 e. The molecule has 7 heteroatoms. The fourth-order valence-corrected chi connectivity index (χ4v) is 3.47. The Bertz CT molecular complexity index is 906. The van der Waals surface area contributed by atoms with Gasteiger partial charge in [0, 0.05) is 4.47 Å². The number of hydrazone groups is 1. The van der Waals surface area contributed by atoms with Crippen molar-refractivity contribution in [1.82, 2.24) is 10.4 Å². The lowest BCUT2D eigenvalue weighted by Gasteiger charge is -1.98. The third-order valence-corrected chi connectivity index (χ3v) is 4.95. The number of carbonyl (C=O) groups excluding carboxylic acids is 1. The number of fused-ring (bicyclic) bond motifs is 1. The lowest BCUT2D eigenvalue weighted by Crippen LogP contribution is -2.30. The molecule has 1 aromatic heterocycles. The molecule has 2 N–H and O–H groups in total. The van der Waals surface area contributed by atoms with Crippen LogP contribution in [0.1, 0.15) is 5.56 Å². The molecular weight excluding hydrogens is 388 g/mol. The zero-order valence-electron chi connectivity index (χ0n) is 13.0. The summed E-state index contributed by atoms with van der Waals surface area (Å²) in [5.41, 5.74) is 5.62. The minimum Gasteiger partial charge on any atom is -0.272 e. The van der Waals surface area contributed by atoms with Crippen LogP contribution in [0, 0.1) is 0 Å². The summed E-state index contributed by atoms with van der Waals surface area (Å²) in [6, 6.07) is 15.7. The van der Waals surface area contributed by atoms with E-state index < -0.39 is 0 Å². The number of thioether (sulfide) groups is 1. The zero-order chi connectivity index (χ0) is 16.9. The number of imidazole rings is 1. The highest BCUT2D eigenvalue weighted by Gasteiger charge is 2.16. The number of benzene rings is 2. The van der Waals surface area contributed by atoms with Crippen LogP contribution in [-0.4, -0.2) is 22.9 Å². The lowest BCUT2D eigenvalue weighted by atomic mass is 10.2. The van der Waals surface area contributed by atoms with Crippen molar-refractivity contribution in [3.05, 3.63) is 58.6 Å². The number of aromatic amines is 1. The molecule has 3 aromatic rings. The highest BCUT2D eigenvalue weighted by atomic mass is 79.9. The number of nitrogens with zero attached hydrogens (tertiary/aromatic N) is 2. The van der Waals surface area contributed by atoms with Gasteiger partial charge in [0.15, 0.2) is 11.0 Å². The van der Waals surface area contributed by atoms with Crippen LogP contribution in [0.25, 0.3) is 11.0 Å². The van der Waals surface area contributed by atoms with Gasteiger partial charge >= 0.3 is 5.16 Å². The maximum atomic E-state index is 11.9. The predicted octanol–water partition coefficient (Wildman–Crippen LogP) is 3.00. The van der Waals surface area contributed by atoms with Crippen molar-refractivity contribution in [3.8, 4) is 0 Å². The number of rotatable bonds is 5. The summed E-state index contributed by atoms with van der Waals surface area (Å²) < 4.78 is 3.01. The molecule has 24 heavy (non-hydrogen) atoms. The molecule has 0 atom stereocenters. The van der Waals surface area contributed by atoms with Gasteiger partial charge in [0.1, 0.15) is 0 Å². The molecule has 0 saturated carbocycles. The zero-order valence-corrected chi connectivity index (χ0v) is 15.4. The van der Waals surface area contributed by atoms with E-state index in [1.54, 1.807) is 6.21 Å². The largest absolute Gasteiger partial charge is 0.317 e. The number of carbonyl (C=O) groups is 1. The average Bonchev–Trinajstić information content (AvgIpc) is 2.90. The summed E-state index contributed by atoms with van der Waals surface area (Å²) in [6.45, 7) is 0. The Kier molecular flexibility index (Phi) is 5.32. The molecule has 0 unspecified atom stereocenters. The number of para-hydroxylation sites is 2. The molecule has 1 heterocycles. The van der Waals surface area contributed by atoms with Crippen molar-refractivity contribution in [2.45, 2.75) is 5.16 Å². The van der Waals surface area contributed by atoms with Crippen LogP contribution in [0.4, 0.5) is 0 Å². The van der Waals surface area contributed by atoms with Gasteiger partial charge in [-0.25, -0.2) is 15.0 Å². The first kappa shape index (κ1) is 16.7. The molecular formula is C17H16BrN4OS+. The second kappa shape index (κ2) is 7.63. The second-order valence-corrected chi connectivity index (χ2v) is 7.02. The Morgan fingerprint density at radius 1 is 1.33 bits per heavy atom. The monoisotopic (exact) mass is 403 g/mol. The fourth-order valence-electron chi connectivity index (χ4n) is 2.25. The summed E-state index contributed by atoms with van der Waals surface area (Å²) >= 11 is 4.84. The van der Waals surface area contributed by atoms with Gasteiger partial charge in [-0.1, -0.05) is 40.2 Å². The molecule has 2 aromatic carbocycles. The summed E-state index contributed by atoms with van der Waals surface area (Å²) in [5.74, 6) is 0.140. The van der Waals surface area contributed by atoms with E-state index in [4.69, 9.17) is 0 Å². The molecule has 0 bridgehead atoms. The van der Waals surface area contributed by atoms with Crippen LogP contribution in [-0.2, 0) is 11.8 Å². The van der Waals surface area contributed by atoms with Crippen LogP contribution in [0.3, 0.4) is 0 Å². The van der Waals surface area contributed by atoms with E-state index in [1.807, 2.05) is 60.1 Å². The van der Waals surface area contributed by atoms with Gasteiger partial charge in [0.25, 0.3) is 5.91 Å². The van der Waals surface area contributed by atoms with E-state index in [9.17, 15) is 4.79 Å². The molecule has 0 spiro atoms. The Balaban J connectivity index is 1.56. The van der Waals surface area contributed by atoms with Crippen molar-refractivity contribution in [3.63, 3.8) is 0 Å². The Morgan fingerprint density at radius 2 is 2.17 bits per heavy atom. The Hall–Kier alpha value is -2.12. The van der Waals surface area contributed by atoms with E-state index in [0.29, 0.717) is 0 Å². The number of halogens is 1. The highest BCUT2D eigenvalue weighted by Crippen LogP contribution is 2.16. The average molecular weight is 404 g/mol. The normalized spacial score (nSPS) is 11.2. The molecule has 3 rings (SSSR count). The molecule has 5 nitrogen and oxygen atoms in total. The Labute approximate surface area is 152 Å². The summed E-state index contributed by atoms with van der Waals surface area (Å²) in [4.78, 5) is 15.2. The molecule has 0 radical (unpaired) electrons. The van der Waals surface area contributed by atoms with Crippen LogP contribution < -0.4 is 9.99 Å². The molecule has 1 amide bonds. The predicted molar refractivity (Wildman–Crippen MR) is 100 cm³/mol. The van der Waals surface area contributed by atoms with Crippen LogP contribution >= 0.6 is 27.7 Å². The molecule has 0 fully saturated rings. The van der Waals surface area contributed by atoms with Gasteiger partial charge < -0.3 is 0 Å². The van der Waals surface area contributed by atoms with Crippen molar-refractivity contribution >= 4 is 50.8 Å². The number of hydrogen-bond donors (Lipinski definition) is 2. The van der Waals surface area contributed by atoms with Gasteiger partial charge in [-0.2, -0.15) is 5.10 Å². The molecule has 0 aliphatic rings. The Morgan fingerprint density at radius 3 is 2.96 bits per heavy atom. The van der Waals surface area contributed by atoms with Crippen LogP contribution in [0.15, 0.2) is 63.3 Å². The van der Waals surface area contributed by atoms with Crippen molar-refractivity contribution in [1.29, 1.82) is 0 Å². The van der Waals surface area contributed by atoms with E-state index in [2.05, 4.69) is 31.4 Å². The minimum absolute atomic E-state index is 0.148. The first-order valence-corrected chi connectivity index (χ1v) is 9.08. The van der Waals surface area contributed by atoms with Crippen molar-refractivity contribution in [2.24, 2.45) is 12.1 Å². The summed E-state index contributed by atoms with van der Waals surface area (Å²) in [6.07, 6.45) is 1.62. The third-order valence-electron chi connectivity index (χ3n) is 3.40. The fraction of sp³-hybridized carbons (Fsp3) is 0.118. The number of amides is 1. The summed E-state index contributed by atoms with van der Waals surface area (Å²) in [7, 11) is 1.98. The quantitative estimate of drug-likeness (QED) is 0.297. The number of H-pyrrole nitrogens is 1. The maximum Gasteiger partial charge on any atom is 0.317 e.